The number of benzene rings is 1. The predicted octanol–water partition coefficient (Wildman–Crippen LogP) is 4.14. The molecule has 0 spiro atoms. The number of H-pyrrole nitrogens is 1. The lowest BCUT2D eigenvalue weighted by atomic mass is 9.92. The zero-order chi connectivity index (χ0) is 14.3. The zero-order valence-electron chi connectivity index (χ0n) is 12.3. The maximum Gasteiger partial charge on any atom is 0.164 e. The fourth-order valence-electron chi connectivity index (χ4n) is 2.37. The van der Waals surface area contributed by atoms with Gasteiger partial charge in [0.25, 0.3) is 0 Å². The van der Waals surface area contributed by atoms with Crippen LogP contribution in [0.15, 0.2) is 10.5 Å². The summed E-state index contributed by atoms with van der Waals surface area (Å²) in [4.78, 5) is 2.00. The summed E-state index contributed by atoms with van der Waals surface area (Å²) in [5.41, 5.74) is 7.54. The van der Waals surface area contributed by atoms with Gasteiger partial charge in [0.1, 0.15) is 0 Å². The molecule has 0 aliphatic rings. The smallest absolute Gasteiger partial charge is 0.164 e. The molecule has 0 bridgehead atoms. The first-order chi connectivity index (χ1) is 8.84. The number of nitrogens with zero attached hydrogens (tertiary/aromatic N) is 2. The summed E-state index contributed by atoms with van der Waals surface area (Å²) in [6, 6.07) is 2.24. The summed E-state index contributed by atoms with van der Waals surface area (Å²) in [7, 11) is 3.98. The second kappa shape index (κ2) is 5.00. The van der Waals surface area contributed by atoms with Gasteiger partial charge in [0.2, 0.25) is 0 Å². The summed E-state index contributed by atoms with van der Waals surface area (Å²) in [6.07, 6.45) is 0. The van der Waals surface area contributed by atoms with Gasteiger partial charge in [-0.25, -0.2) is 0 Å². The van der Waals surface area contributed by atoms with Crippen LogP contribution in [0.5, 0.6) is 0 Å². The molecule has 0 saturated heterocycles. The predicted molar refractivity (Wildman–Crippen MR) is 85.0 cm³/mol. The van der Waals surface area contributed by atoms with Crippen LogP contribution in [0, 0.1) is 27.7 Å². The van der Waals surface area contributed by atoms with Crippen molar-refractivity contribution in [2.24, 2.45) is 0 Å². The highest BCUT2D eigenvalue weighted by Gasteiger charge is 2.18. The van der Waals surface area contributed by atoms with Crippen LogP contribution in [0.4, 0.5) is 5.82 Å². The molecule has 0 aliphatic carbocycles. The van der Waals surface area contributed by atoms with E-state index in [2.05, 4.69) is 59.9 Å². The van der Waals surface area contributed by atoms with E-state index in [0.29, 0.717) is 0 Å². The van der Waals surface area contributed by atoms with Crippen LogP contribution in [-0.2, 0) is 0 Å². The Bertz CT molecular complexity index is 601. The van der Waals surface area contributed by atoms with Gasteiger partial charge in [0.15, 0.2) is 5.82 Å². The molecule has 0 radical (unpaired) electrons. The zero-order valence-corrected chi connectivity index (χ0v) is 13.9. The van der Waals surface area contributed by atoms with Crippen LogP contribution in [0.2, 0.25) is 0 Å². The molecular formula is C15H20BrN3. The fraction of sp³-hybridized carbons (Fsp3) is 0.400. The SMILES string of the molecule is Cc1cc(C)c(C)c(-c2[nH]nc(N(C)C)c2Br)c1C. The van der Waals surface area contributed by atoms with Gasteiger partial charge < -0.3 is 4.90 Å². The molecule has 19 heavy (non-hydrogen) atoms. The van der Waals surface area contributed by atoms with E-state index in [4.69, 9.17) is 0 Å². The van der Waals surface area contributed by atoms with Crippen LogP contribution in [0.25, 0.3) is 11.3 Å². The molecule has 1 aromatic carbocycles. The van der Waals surface area contributed by atoms with Gasteiger partial charge in [-0.3, -0.25) is 5.10 Å². The van der Waals surface area contributed by atoms with Gasteiger partial charge in [0, 0.05) is 19.7 Å². The molecular weight excluding hydrogens is 302 g/mol. The summed E-state index contributed by atoms with van der Waals surface area (Å²) in [6.45, 7) is 8.64. The molecule has 0 fully saturated rings. The minimum absolute atomic E-state index is 0.924. The molecule has 0 unspecified atom stereocenters. The Labute approximate surface area is 123 Å². The third-order valence-electron chi connectivity index (χ3n) is 3.73. The molecule has 102 valence electrons. The van der Waals surface area contributed by atoms with Crippen LogP contribution in [0.1, 0.15) is 22.3 Å². The normalized spacial score (nSPS) is 10.9. The molecule has 0 atom stereocenters. The van der Waals surface area contributed by atoms with E-state index in [9.17, 15) is 0 Å². The van der Waals surface area contributed by atoms with Crippen LogP contribution >= 0.6 is 15.9 Å². The first-order valence-corrected chi connectivity index (χ1v) is 7.12. The van der Waals surface area contributed by atoms with E-state index in [1.165, 1.54) is 27.8 Å². The highest BCUT2D eigenvalue weighted by atomic mass is 79.9. The maximum absolute atomic E-state index is 4.39. The summed E-state index contributed by atoms with van der Waals surface area (Å²) in [5.74, 6) is 0.924. The number of anilines is 1. The van der Waals surface area contributed by atoms with Crippen molar-refractivity contribution < 1.29 is 0 Å². The quantitative estimate of drug-likeness (QED) is 0.901. The minimum Gasteiger partial charge on any atom is -0.360 e. The molecule has 1 aromatic heterocycles. The first kappa shape index (κ1) is 14.1. The third-order valence-corrected chi connectivity index (χ3v) is 4.48. The topological polar surface area (TPSA) is 31.9 Å². The van der Waals surface area contributed by atoms with Crippen molar-refractivity contribution >= 4 is 21.7 Å². The number of aryl methyl sites for hydroxylation is 2. The Balaban J connectivity index is 2.73. The van der Waals surface area contributed by atoms with Crippen molar-refractivity contribution in [2.75, 3.05) is 19.0 Å². The van der Waals surface area contributed by atoms with Gasteiger partial charge in [-0.1, -0.05) is 6.07 Å². The van der Waals surface area contributed by atoms with E-state index in [0.717, 1.165) is 16.0 Å². The lowest BCUT2D eigenvalue weighted by molar-refractivity contribution is 1.01. The largest absolute Gasteiger partial charge is 0.360 e. The molecule has 4 heteroatoms. The average Bonchev–Trinajstić information content (AvgIpc) is 2.70. The molecule has 0 amide bonds. The molecule has 2 aromatic rings. The molecule has 2 rings (SSSR count). The highest BCUT2D eigenvalue weighted by molar-refractivity contribution is 9.10. The Hall–Kier alpha value is -1.29. The standard InChI is InChI=1S/C15H20BrN3/c1-8-7-9(2)11(4)12(10(8)3)14-13(16)15(18-17-14)19(5)6/h7H,1-6H3,(H,17,18). The van der Waals surface area contributed by atoms with E-state index >= 15 is 0 Å². The number of halogens is 1. The number of rotatable bonds is 2. The average molecular weight is 322 g/mol. The number of aromatic amines is 1. The summed E-state index contributed by atoms with van der Waals surface area (Å²) < 4.78 is 1.02. The monoisotopic (exact) mass is 321 g/mol. The van der Waals surface area contributed by atoms with Gasteiger partial charge in [0.05, 0.1) is 10.2 Å². The van der Waals surface area contributed by atoms with Crippen molar-refractivity contribution in [1.82, 2.24) is 10.2 Å². The van der Waals surface area contributed by atoms with Gasteiger partial charge in [-0.05, 0) is 65.9 Å². The second-order valence-corrected chi connectivity index (χ2v) is 6.06. The Kier molecular flexibility index (Phi) is 3.72. The van der Waals surface area contributed by atoms with Crippen LogP contribution < -0.4 is 4.90 Å². The third kappa shape index (κ3) is 2.29. The molecule has 1 heterocycles. The summed E-state index contributed by atoms with van der Waals surface area (Å²) >= 11 is 3.67. The van der Waals surface area contributed by atoms with Crippen molar-refractivity contribution in [2.45, 2.75) is 27.7 Å². The van der Waals surface area contributed by atoms with Crippen molar-refractivity contribution in [3.63, 3.8) is 0 Å². The van der Waals surface area contributed by atoms with E-state index in [1.807, 2.05) is 19.0 Å². The number of aromatic nitrogens is 2. The van der Waals surface area contributed by atoms with Crippen LogP contribution in [0.3, 0.4) is 0 Å². The van der Waals surface area contributed by atoms with E-state index < -0.39 is 0 Å². The summed E-state index contributed by atoms with van der Waals surface area (Å²) in [5, 5.41) is 7.56. The second-order valence-electron chi connectivity index (χ2n) is 5.27. The fourth-order valence-corrected chi connectivity index (χ4v) is 3.10. The Morgan fingerprint density at radius 3 is 2.00 bits per heavy atom. The van der Waals surface area contributed by atoms with Gasteiger partial charge >= 0.3 is 0 Å². The molecule has 3 nitrogen and oxygen atoms in total. The number of nitrogens with one attached hydrogen (secondary N) is 1. The Morgan fingerprint density at radius 1 is 1.05 bits per heavy atom. The maximum atomic E-state index is 4.39. The van der Waals surface area contributed by atoms with Crippen molar-refractivity contribution in [1.29, 1.82) is 0 Å². The Morgan fingerprint density at radius 2 is 1.58 bits per heavy atom. The number of hydrogen-bond acceptors (Lipinski definition) is 2. The molecule has 0 saturated carbocycles. The first-order valence-electron chi connectivity index (χ1n) is 6.33. The van der Waals surface area contributed by atoms with Crippen molar-refractivity contribution in [3.8, 4) is 11.3 Å². The van der Waals surface area contributed by atoms with Gasteiger partial charge in [-0.2, -0.15) is 5.10 Å². The van der Waals surface area contributed by atoms with E-state index in [1.54, 1.807) is 0 Å². The lowest BCUT2D eigenvalue weighted by Gasteiger charge is -2.15. The minimum atomic E-state index is 0.924. The van der Waals surface area contributed by atoms with Crippen LogP contribution in [-0.4, -0.2) is 24.3 Å². The lowest BCUT2D eigenvalue weighted by Crippen LogP contribution is -2.09. The highest BCUT2D eigenvalue weighted by Crippen LogP contribution is 2.38. The molecule has 1 N–H and O–H groups in total. The van der Waals surface area contributed by atoms with Gasteiger partial charge in [-0.15, -0.1) is 0 Å². The van der Waals surface area contributed by atoms with E-state index in [-0.39, 0.29) is 0 Å². The van der Waals surface area contributed by atoms with Crippen molar-refractivity contribution in [3.05, 3.63) is 32.8 Å². The molecule has 0 aliphatic heterocycles. The number of hydrogen-bond donors (Lipinski definition) is 1.